The van der Waals surface area contributed by atoms with E-state index in [2.05, 4.69) is 5.32 Å². The zero-order valence-corrected chi connectivity index (χ0v) is 19.6. The standard InChI is InChI=1S/C24H31ClN2O4/c1-6-11-26-24(29)18(4)27(14-19-7-9-20(30-5)10-8-19)22(28)15-31-21-12-16(2)23(25)17(3)13-21/h7-10,12-13,18H,6,11,14-15H2,1-5H3,(H,26,29)/t18-/m0/s1. The van der Waals surface area contributed by atoms with Crippen molar-refractivity contribution in [3.05, 3.63) is 58.1 Å². The van der Waals surface area contributed by atoms with Crippen molar-refractivity contribution in [1.29, 1.82) is 0 Å². The van der Waals surface area contributed by atoms with Gasteiger partial charge >= 0.3 is 0 Å². The molecule has 2 aromatic rings. The minimum Gasteiger partial charge on any atom is -0.497 e. The Hall–Kier alpha value is -2.73. The van der Waals surface area contributed by atoms with E-state index in [0.717, 1.165) is 28.9 Å². The number of hydrogen-bond acceptors (Lipinski definition) is 4. The number of nitrogens with zero attached hydrogens (tertiary/aromatic N) is 1. The van der Waals surface area contributed by atoms with Crippen molar-refractivity contribution in [2.75, 3.05) is 20.3 Å². The van der Waals surface area contributed by atoms with Crippen LogP contribution in [0.3, 0.4) is 0 Å². The second kappa shape index (κ2) is 11.6. The fraction of sp³-hybridized carbons (Fsp3) is 0.417. The van der Waals surface area contributed by atoms with E-state index in [-0.39, 0.29) is 25.0 Å². The lowest BCUT2D eigenvalue weighted by Crippen LogP contribution is -2.49. The highest BCUT2D eigenvalue weighted by Gasteiger charge is 2.26. The van der Waals surface area contributed by atoms with E-state index < -0.39 is 6.04 Å². The second-order valence-corrected chi connectivity index (χ2v) is 7.87. The van der Waals surface area contributed by atoms with Crippen LogP contribution < -0.4 is 14.8 Å². The smallest absolute Gasteiger partial charge is 0.261 e. The van der Waals surface area contributed by atoms with E-state index in [1.54, 1.807) is 26.2 Å². The summed E-state index contributed by atoms with van der Waals surface area (Å²) in [6.07, 6.45) is 0.823. The first kappa shape index (κ1) is 24.5. The van der Waals surface area contributed by atoms with Crippen molar-refractivity contribution in [2.45, 2.75) is 46.7 Å². The van der Waals surface area contributed by atoms with Crippen LogP contribution in [0.4, 0.5) is 0 Å². The lowest BCUT2D eigenvalue weighted by atomic mass is 10.1. The molecule has 168 valence electrons. The average Bonchev–Trinajstić information content (AvgIpc) is 2.77. The Bertz CT molecular complexity index is 876. The molecule has 0 saturated carbocycles. The summed E-state index contributed by atoms with van der Waals surface area (Å²) >= 11 is 6.21. The molecule has 0 aromatic heterocycles. The summed E-state index contributed by atoms with van der Waals surface area (Å²) < 4.78 is 10.9. The largest absolute Gasteiger partial charge is 0.497 e. The van der Waals surface area contributed by atoms with E-state index in [0.29, 0.717) is 17.3 Å². The third-order valence-corrected chi connectivity index (χ3v) is 5.60. The molecule has 1 atom stereocenters. The van der Waals surface area contributed by atoms with Gasteiger partial charge in [-0.1, -0.05) is 30.7 Å². The molecule has 0 radical (unpaired) electrons. The van der Waals surface area contributed by atoms with E-state index in [9.17, 15) is 9.59 Å². The molecule has 31 heavy (non-hydrogen) atoms. The summed E-state index contributed by atoms with van der Waals surface area (Å²) in [5.74, 6) is 0.828. The molecule has 7 heteroatoms. The Balaban J connectivity index is 2.16. The number of rotatable bonds is 10. The van der Waals surface area contributed by atoms with Crippen molar-refractivity contribution >= 4 is 23.4 Å². The molecule has 0 fully saturated rings. The molecule has 0 unspecified atom stereocenters. The topological polar surface area (TPSA) is 67.9 Å². The number of amides is 2. The van der Waals surface area contributed by atoms with E-state index in [4.69, 9.17) is 21.1 Å². The van der Waals surface area contributed by atoms with E-state index >= 15 is 0 Å². The van der Waals surface area contributed by atoms with Gasteiger partial charge in [-0.2, -0.15) is 0 Å². The highest BCUT2D eigenvalue weighted by molar-refractivity contribution is 6.32. The van der Waals surface area contributed by atoms with E-state index in [1.165, 1.54) is 4.90 Å². The fourth-order valence-corrected chi connectivity index (χ4v) is 3.23. The number of aryl methyl sites for hydroxylation is 2. The molecule has 0 saturated heterocycles. The van der Waals surface area contributed by atoms with Crippen LogP contribution in [0.1, 0.15) is 37.0 Å². The molecule has 0 aliphatic rings. The minimum atomic E-state index is -0.640. The SMILES string of the molecule is CCCNC(=O)[C@H](C)N(Cc1ccc(OC)cc1)C(=O)COc1cc(C)c(Cl)c(C)c1. The molecule has 2 amide bonds. The number of carbonyl (C=O) groups excluding carboxylic acids is 2. The quantitative estimate of drug-likeness (QED) is 0.591. The molecule has 2 rings (SSSR count). The molecule has 0 heterocycles. The molecule has 1 N–H and O–H groups in total. The number of hydrogen-bond donors (Lipinski definition) is 1. The van der Waals surface area contributed by atoms with Gasteiger partial charge in [0.2, 0.25) is 5.91 Å². The van der Waals surface area contributed by atoms with Gasteiger partial charge in [0.05, 0.1) is 7.11 Å². The maximum atomic E-state index is 13.1. The average molecular weight is 447 g/mol. The zero-order valence-electron chi connectivity index (χ0n) is 18.8. The van der Waals surface area contributed by atoms with Crippen molar-refractivity contribution in [3.8, 4) is 11.5 Å². The molecule has 2 aromatic carbocycles. The third kappa shape index (κ3) is 6.89. The maximum absolute atomic E-state index is 13.1. The third-order valence-electron chi connectivity index (χ3n) is 5.00. The Morgan fingerprint density at radius 3 is 2.26 bits per heavy atom. The van der Waals surface area contributed by atoms with Gasteiger partial charge in [-0.15, -0.1) is 0 Å². The molecule has 0 aliphatic heterocycles. The summed E-state index contributed by atoms with van der Waals surface area (Å²) in [5.41, 5.74) is 2.65. The second-order valence-electron chi connectivity index (χ2n) is 7.50. The van der Waals surface area contributed by atoms with Gasteiger partial charge in [0.25, 0.3) is 5.91 Å². The van der Waals surface area contributed by atoms with Gasteiger partial charge in [0.15, 0.2) is 6.61 Å². The van der Waals surface area contributed by atoms with Crippen LogP contribution >= 0.6 is 11.6 Å². The van der Waals surface area contributed by atoms with Crippen LogP contribution in [-0.4, -0.2) is 43.0 Å². The van der Waals surface area contributed by atoms with Gasteiger partial charge in [-0.25, -0.2) is 0 Å². The highest BCUT2D eigenvalue weighted by Crippen LogP contribution is 2.26. The zero-order chi connectivity index (χ0) is 23.0. The predicted octanol–water partition coefficient (Wildman–Crippen LogP) is 4.29. The first-order valence-electron chi connectivity index (χ1n) is 10.4. The number of ether oxygens (including phenoxy) is 2. The van der Waals surface area contributed by atoms with Gasteiger partial charge < -0.3 is 19.7 Å². The van der Waals surface area contributed by atoms with Gasteiger partial charge in [-0.3, -0.25) is 9.59 Å². The molecular formula is C24H31ClN2O4. The van der Waals surface area contributed by atoms with Crippen LogP contribution in [-0.2, 0) is 16.1 Å². The Labute approximate surface area is 189 Å². The number of nitrogens with one attached hydrogen (secondary N) is 1. The lowest BCUT2D eigenvalue weighted by molar-refractivity contribution is -0.142. The minimum absolute atomic E-state index is 0.179. The Morgan fingerprint density at radius 1 is 1.10 bits per heavy atom. The van der Waals surface area contributed by atoms with Crippen LogP contribution in [0.2, 0.25) is 5.02 Å². The van der Waals surface area contributed by atoms with Gasteiger partial charge in [0.1, 0.15) is 17.5 Å². The molecule has 0 spiro atoms. The van der Waals surface area contributed by atoms with Crippen molar-refractivity contribution in [1.82, 2.24) is 10.2 Å². The van der Waals surface area contributed by atoms with Crippen LogP contribution in [0, 0.1) is 13.8 Å². The van der Waals surface area contributed by atoms with Crippen LogP contribution in [0.5, 0.6) is 11.5 Å². The Morgan fingerprint density at radius 2 is 1.71 bits per heavy atom. The summed E-state index contributed by atoms with van der Waals surface area (Å²) in [7, 11) is 1.60. The highest BCUT2D eigenvalue weighted by atomic mass is 35.5. The first-order valence-corrected chi connectivity index (χ1v) is 10.7. The van der Waals surface area contributed by atoms with E-state index in [1.807, 2.05) is 45.0 Å². The van der Waals surface area contributed by atoms with Crippen molar-refractivity contribution in [2.24, 2.45) is 0 Å². The summed E-state index contributed by atoms with van der Waals surface area (Å²) in [6, 6.07) is 10.4. The van der Waals surface area contributed by atoms with Gasteiger partial charge in [-0.05, 0) is 68.1 Å². The van der Waals surface area contributed by atoms with Crippen molar-refractivity contribution in [3.63, 3.8) is 0 Å². The molecule has 6 nitrogen and oxygen atoms in total. The van der Waals surface area contributed by atoms with Crippen LogP contribution in [0.15, 0.2) is 36.4 Å². The summed E-state index contributed by atoms with van der Waals surface area (Å²) in [6.45, 7) is 8.15. The molecule has 0 aliphatic carbocycles. The number of benzene rings is 2. The normalized spacial score (nSPS) is 11.5. The maximum Gasteiger partial charge on any atom is 0.261 e. The molecule has 0 bridgehead atoms. The summed E-state index contributed by atoms with van der Waals surface area (Å²) in [4.78, 5) is 27.2. The van der Waals surface area contributed by atoms with Crippen molar-refractivity contribution < 1.29 is 19.1 Å². The number of methoxy groups -OCH3 is 1. The summed E-state index contributed by atoms with van der Waals surface area (Å²) in [5, 5.41) is 3.54. The van der Waals surface area contributed by atoms with Crippen LogP contribution in [0.25, 0.3) is 0 Å². The molecular weight excluding hydrogens is 416 g/mol. The first-order chi connectivity index (χ1) is 14.8. The Kier molecular flexibility index (Phi) is 9.19. The monoisotopic (exact) mass is 446 g/mol. The fourth-order valence-electron chi connectivity index (χ4n) is 3.12. The number of halogens is 1. The lowest BCUT2D eigenvalue weighted by Gasteiger charge is -2.29. The van der Waals surface area contributed by atoms with Gasteiger partial charge in [0, 0.05) is 18.1 Å². The number of carbonyl (C=O) groups is 2. The predicted molar refractivity (Wildman–Crippen MR) is 123 cm³/mol.